The Morgan fingerprint density at radius 3 is 2.71 bits per heavy atom. The predicted molar refractivity (Wildman–Crippen MR) is 110 cm³/mol. The van der Waals surface area contributed by atoms with Crippen LogP contribution in [0.25, 0.3) is 5.78 Å². The number of carbonyl (C=O) groups is 1. The number of anilines is 1. The second-order valence-electron chi connectivity index (χ2n) is 5.97. The van der Waals surface area contributed by atoms with Gasteiger partial charge in [0.15, 0.2) is 0 Å². The molecule has 0 aliphatic heterocycles. The van der Waals surface area contributed by atoms with E-state index in [4.69, 9.17) is 11.6 Å². The van der Waals surface area contributed by atoms with Gasteiger partial charge in [-0.05, 0) is 48.9 Å². The lowest BCUT2D eigenvalue weighted by atomic mass is 10.2. The number of aromatic nitrogens is 4. The summed E-state index contributed by atoms with van der Waals surface area (Å²) in [5, 5.41) is 8.47. The van der Waals surface area contributed by atoms with Gasteiger partial charge >= 0.3 is 0 Å². The van der Waals surface area contributed by atoms with Crippen molar-refractivity contribution in [1.82, 2.24) is 19.6 Å². The van der Waals surface area contributed by atoms with Crippen LogP contribution in [0.1, 0.15) is 23.0 Å². The van der Waals surface area contributed by atoms with Gasteiger partial charge in [-0.15, -0.1) is 0 Å². The maximum absolute atomic E-state index is 12.4. The van der Waals surface area contributed by atoms with E-state index < -0.39 is 0 Å². The van der Waals surface area contributed by atoms with E-state index in [1.807, 2.05) is 30.3 Å². The van der Waals surface area contributed by atoms with E-state index in [1.165, 1.54) is 6.33 Å². The number of nitrogens with zero attached hydrogens (tertiary/aromatic N) is 4. The lowest BCUT2D eigenvalue weighted by molar-refractivity contribution is 0.102. The molecule has 0 spiro atoms. The van der Waals surface area contributed by atoms with Gasteiger partial charge in [-0.1, -0.05) is 42.4 Å². The maximum Gasteiger partial charge on any atom is 0.257 e. The Kier molecular flexibility index (Phi) is 5.27. The highest BCUT2D eigenvalue weighted by molar-refractivity contribution is 7.99. The number of aryl methyl sites for hydroxylation is 1. The molecule has 1 N–H and O–H groups in total. The fourth-order valence-electron chi connectivity index (χ4n) is 2.66. The van der Waals surface area contributed by atoms with Crippen molar-refractivity contribution in [3.8, 4) is 0 Å². The molecule has 0 bridgehead atoms. The van der Waals surface area contributed by atoms with Crippen LogP contribution in [0.5, 0.6) is 0 Å². The quantitative estimate of drug-likeness (QED) is 0.482. The Balaban J connectivity index is 1.52. The van der Waals surface area contributed by atoms with Gasteiger partial charge in [0.2, 0.25) is 0 Å². The molecule has 0 saturated carbocycles. The minimum absolute atomic E-state index is 0.239. The van der Waals surface area contributed by atoms with E-state index in [0.29, 0.717) is 22.1 Å². The Hall–Kier alpha value is -2.90. The maximum atomic E-state index is 12.4. The normalized spacial score (nSPS) is 10.9. The van der Waals surface area contributed by atoms with E-state index in [9.17, 15) is 4.79 Å². The van der Waals surface area contributed by atoms with Crippen LogP contribution >= 0.6 is 23.4 Å². The zero-order valence-electron chi connectivity index (χ0n) is 15.0. The highest BCUT2D eigenvalue weighted by Gasteiger charge is 2.11. The first kappa shape index (κ1) is 18.5. The summed E-state index contributed by atoms with van der Waals surface area (Å²) < 4.78 is 1.72. The third kappa shape index (κ3) is 3.85. The predicted octanol–water partition coefficient (Wildman–Crippen LogP) is 4.74. The molecule has 6 nitrogen and oxygen atoms in total. The highest BCUT2D eigenvalue weighted by atomic mass is 35.5. The lowest BCUT2D eigenvalue weighted by Crippen LogP contribution is -2.12. The molecule has 28 heavy (non-hydrogen) atoms. The van der Waals surface area contributed by atoms with Crippen molar-refractivity contribution >= 4 is 40.7 Å². The number of hydrogen-bond acceptors (Lipinski definition) is 5. The Bertz CT molecular complexity index is 1140. The molecular weight excluding hydrogens is 394 g/mol. The fraction of sp³-hybridized carbons (Fsp3) is 0.100. The summed E-state index contributed by atoms with van der Waals surface area (Å²) in [7, 11) is 0. The topological polar surface area (TPSA) is 72.2 Å². The number of hydrogen-bond donors (Lipinski definition) is 1. The number of carbonyl (C=O) groups excluding carboxylic acids is 1. The molecule has 4 rings (SSSR count). The first-order valence-corrected chi connectivity index (χ1v) is 9.87. The van der Waals surface area contributed by atoms with Crippen LogP contribution in [0, 0.1) is 0 Å². The molecule has 0 aliphatic rings. The third-order valence-electron chi connectivity index (χ3n) is 4.09. The zero-order valence-corrected chi connectivity index (χ0v) is 16.5. The molecule has 0 aliphatic carbocycles. The second kappa shape index (κ2) is 8.00. The van der Waals surface area contributed by atoms with Crippen LogP contribution in [0.4, 0.5) is 5.69 Å². The van der Waals surface area contributed by atoms with E-state index >= 15 is 0 Å². The molecule has 8 heteroatoms. The lowest BCUT2D eigenvalue weighted by Gasteiger charge is -2.09. The van der Waals surface area contributed by atoms with Gasteiger partial charge in [0.05, 0.1) is 10.6 Å². The fourth-order valence-corrected chi connectivity index (χ4v) is 3.80. The second-order valence-corrected chi connectivity index (χ2v) is 7.47. The van der Waals surface area contributed by atoms with Crippen molar-refractivity contribution in [3.63, 3.8) is 0 Å². The summed E-state index contributed by atoms with van der Waals surface area (Å²) in [6, 6.07) is 16.6. The summed E-state index contributed by atoms with van der Waals surface area (Å²) in [4.78, 5) is 22.0. The zero-order chi connectivity index (χ0) is 19.5. The molecule has 0 radical (unpaired) electrons. The van der Waals surface area contributed by atoms with E-state index in [2.05, 4.69) is 27.3 Å². The molecule has 2 heterocycles. The Morgan fingerprint density at radius 2 is 1.96 bits per heavy atom. The minimum atomic E-state index is -0.239. The smallest absolute Gasteiger partial charge is 0.257 e. The summed E-state index contributed by atoms with van der Waals surface area (Å²) in [5.74, 6) is 0.350. The summed E-state index contributed by atoms with van der Waals surface area (Å²) in [6.45, 7) is 2.06. The van der Waals surface area contributed by atoms with E-state index in [-0.39, 0.29) is 5.91 Å². The molecule has 140 valence electrons. The first-order valence-electron chi connectivity index (χ1n) is 8.67. The van der Waals surface area contributed by atoms with E-state index in [1.54, 1.807) is 40.5 Å². The molecule has 0 saturated heterocycles. The molecule has 2 aromatic heterocycles. The molecular formula is C20H16ClN5OS. The number of amides is 1. The average molecular weight is 410 g/mol. The highest BCUT2D eigenvalue weighted by Crippen LogP contribution is 2.29. The van der Waals surface area contributed by atoms with Gasteiger partial charge in [-0.25, -0.2) is 4.98 Å². The number of benzene rings is 2. The third-order valence-corrected chi connectivity index (χ3v) is 5.42. The molecule has 4 aromatic rings. The van der Waals surface area contributed by atoms with Crippen molar-refractivity contribution in [2.24, 2.45) is 0 Å². The van der Waals surface area contributed by atoms with Crippen LogP contribution in [-0.2, 0) is 6.42 Å². The van der Waals surface area contributed by atoms with Crippen LogP contribution in [0.15, 0.2) is 70.8 Å². The van der Waals surface area contributed by atoms with E-state index in [0.717, 1.165) is 22.0 Å². The summed E-state index contributed by atoms with van der Waals surface area (Å²) in [6.07, 6.45) is 2.32. The van der Waals surface area contributed by atoms with Crippen LogP contribution in [-0.4, -0.2) is 25.5 Å². The van der Waals surface area contributed by atoms with Gasteiger partial charge in [-0.2, -0.15) is 14.6 Å². The first-order chi connectivity index (χ1) is 13.6. The van der Waals surface area contributed by atoms with Crippen molar-refractivity contribution in [1.29, 1.82) is 0 Å². The summed E-state index contributed by atoms with van der Waals surface area (Å²) >= 11 is 7.65. The standard InChI is InChI=1S/C20H16ClN5OS/c1-2-13-11-18(26-20(25-13)22-12-23-26)28-15-9-7-14(8-10-15)24-19(27)16-5-3-4-6-17(16)21/h3-12H,2H2,1H3,(H,24,27). The molecule has 0 unspecified atom stereocenters. The molecule has 0 fully saturated rings. The minimum Gasteiger partial charge on any atom is -0.322 e. The molecule has 1 amide bonds. The number of nitrogens with one attached hydrogen (secondary N) is 1. The van der Waals surface area contributed by atoms with Gasteiger partial charge in [0, 0.05) is 16.3 Å². The largest absolute Gasteiger partial charge is 0.322 e. The Morgan fingerprint density at radius 1 is 1.18 bits per heavy atom. The number of fused-ring (bicyclic) bond motifs is 1. The molecule has 0 atom stereocenters. The van der Waals surface area contributed by atoms with Gasteiger partial charge in [-0.3, -0.25) is 4.79 Å². The number of halogens is 1. The summed E-state index contributed by atoms with van der Waals surface area (Å²) in [5.41, 5.74) is 2.11. The molecule has 2 aromatic carbocycles. The van der Waals surface area contributed by atoms with Gasteiger partial charge < -0.3 is 5.32 Å². The van der Waals surface area contributed by atoms with Crippen molar-refractivity contribution in [3.05, 3.63) is 77.2 Å². The van der Waals surface area contributed by atoms with Crippen LogP contribution in [0.3, 0.4) is 0 Å². The van der Waals surface area contributed by atoms with Crippen LogP contribution in [0.2, 0.25) is 5.02 Å². The number of rotatable bonds is 5. The van der Waals surface area contributed by atoms with Gasteiger partial charge in [0.1, 0.15) is 11.4 Å². The SMILES string of the molecule is CCc1cc(Sc2ccc(NC(=O)c3ccccc3Cl)cc2)n2ncnc2n1. The van der Waals surface area contributed by atoms with Crippen molar-refractivity contribution < 1.29 is 4.79 Å². The van der Waals surface area contributed by atoms with Gasteiger partial charge in [0.25, 0.3) is 11.7 Å². The van der Waals surface area contributed by atoms with Crippen molar-refractivity contribution in [2.75, 3.05) is 5.32 Å². The van der Waals surface area contributed by atoms with Crippen LogP contribution < -0.4 is 5.32 Å². The monoisotopic (exact) mass is 409 g/mol. The average Bonchev–Trinajstić information content (AvgIpc) is 3.18. The Labute approximate surface area is 171 Å². The van der Waals surface area contributed by atoms with Crippen molar-refractivity contribution in [2.45, 2.75) is 23.3 Å².